The van der Waals surface area contributed by atoms with Gasteiger partial charge < -0.3 is 5.32 Å². The normalized spacial score (nSPS) is 11.9. The van der Waals surface area contributed by atoms with E-state index in [0.717, 1.165) is 9.35 Å². The second-order valence-electron chi connectivity index (χ2n) is 2.74. The van der Waals surface area contributed by atoms with Crippen molar-refractivity contribution >= 4 is 37.3 Å². The van der Waals surface area contributed by atoms with Crippen LogP contribution >= 0.6 is 27.3 Å². The van der Waals surface area contributed by atoms with Gasteiger partial charge in [0.2, 0.25) is 10.0 Å². The summed E-state index contributed by atoms with van der Waals surface area (Å²) in [5.74, 6) is -0.0318. The zero-order chi connectivity index (χ0) is 10.6. The maximum atomic E-state index is 10.6. The maximum Gasteiger partial charge on any atom is 0.210 e. The predicted octanol–water partition coefficient (Wildman–Crippen LogP) is 0.889. The molecule has 4 nitrogen and oxygen atoms in total. The van der Waals surface area contributed by atoms with Gasteiger partial charge in [0.1, 0.15) is 0 Å². The zero-order valence-corrected chi connectivity index (χ0v) is 10.6. The quantitative estimate of drug-likeness (QED) is 0.793. The third-order valence-electron chi connectivity index (χ3n) is 1.54. The first-order valence-electron chi connectivity index (χ1n) is 3.92. The van der Waals surface area contributed by atoms with E-state index >= 15 is 0 Å². The van der Waals surface area contributed by atoms with Crippen LogP contribution in [0.4, 0.5) is 0 Å². The van der Waals surface area contributed by atoms with E-state index in [2.05, 4.69) is 21.2 Å². The summed E-state index contributed by atoms with van der Waals surface area (Å²) in [6, 6.07) is 1.96. The van der Waals surface area contributed by atoms with Crippen LogP contribution in [-0.4, -0.2) is 20.7 Å². The lowest BCUT2D eigenvalue weighted by atomic mass is 10.4. The molecule has 1 rings (SSSR count). The number of hydrogen-bond donors (Lipinski definition) is 2. The van der Waals surface area contributed by atoms with Crippen molar-refractivity contribution in [3.63, 3.8) is 0 Å². The van der Waals surface area contributed by atoms with Crippen LogP contribution in [0.15, 0.2) is 15.9 Å². The van der Waals surface area contributed by atoms with Crippen LogP contribution in [0.25, 0.3) is 0 Å². The minimum atomic E-state index is -3.35. The van der Waals surface area contributed by atoms with E-state index in [-0.39, 0.29) is 5.75 Å². The summed E-state index contributed by atoms with van der Waals surface area (Å²) in [4.78, 5) is 1.15. The topological polar surface area (TPSA) is 72.2 Å². The molecular formula is C7H11BrN2O2S2. The van der Waals surface area contributed by atoms with Crippen molar-refractivity contribution in [2.24, 2.45) is 5.14 Å². The van der Waals surface area contributed by atoms with Gasteiger partial charge in [-0.1, -0.05) is 0 Å². The van der Waals surface area contributed by atoms with E-state index < -0.39 is 10.0 Å². The minimum absolute atomic E-state index is 0.0318. The number of rotatable bonds is 5. The minimum Gasteiger partial charge on any atom is -0.311 e. The molecule has 0 saturated carbocycles. The summed E-state index contributed by atoms with van der Waals surface area (Å²) < 4.78 is 22.2. The molecule has 0 aliphatic rings. The van der Waals surface area contributed by atoms with E-state index in [4.69, 9.17) is 5.14 Å². The molecule has 1 heterocycles. The number of thiophene rings is 1. The molecule has 0 bridgehead atoms. The first kappa shape index (κ1) is 12.1. The number of nitrogens with two attached hydrogens (primary N) is 1. The van der Waals surface area contributed by atoms with Crippen molar-refractivity contribution in [1.29, 1.82) is 0 Å². The molecule has 1 aromatic heterocycles. The smallest absolute Gasteiger partial charge is 0.210 e. The molecule has 0 aliphatic carbocycles. The summed E-state index contributed by atoms with van der Waals surface area (Å²) in [5, 5.41) is 9.83. The molecule has 14 heavy (non-hydrogen) atoms. The van der Waals surface area contributed by atoms with Crippen LogP contribution in [0, 0.1) is 0 Å². The van der Waals surface area contributed by atoms with Crippen LogP contribution < -0.4 is 10.5 Å². The average molecular weight is 299 g/mol. The van der Waals surface area contributed by atoms with Crippen LogP contribution in [-0.2, 0) is 16.6 Å². The highest BCUT2D eigenvalue weighted by Crippen LogP contribution is 2.21. The van der Waals surface area contributed by atoms with E-state index in [1.807, 2.05) is 11.4 Å². The lowest BCUT2D eigenvalue weighted by molar-refractivity contribution is 0.592. The van der Waals surface area contributed by atoms with Crippen molar-refractivity contribution in [3.05, 3.63) is 20.8 Å². The first-order valence-corrected chi connectivity index (χ1v) is 7.31. The zero-order valence-electron chi connectivity index (χ0n) is 7.36. The van der Waals surface area contributed by atoms with Gasteiger partial charge in [0.15, 0.2) is 0 Å². The summed E-state index contributed by atoms with van der Waals surface area (Å²) in [6.07, 6.45) is 0. The highest BCUT2D eigenvalue weighted by Gasteiger charge is 2.03. The molecule has 0 atom stereocenters. The van der Waals surface area contributed by atoms with Gasteiger partial charge in [-0.05, 0) is 27.4 Å². The van der Waals surface area contributed by atoms with Crippen LogP contribution in [0.3, 0.4) is 0 Å². The molecule has 0 aliphatic heterocycles. The van der Waals surface area contributed by atoms with Gasteiger partial charge in [-0.3, -0.25) is 0 Å². The summed E-state index contributed by atoms with van der Waals surface area (Å²) in [6.45, 7) is 1.04. The Kier molecular flexibility index (Phi) is 4.52. The fraction of sp³-hybridized carbons (Fsp3) is 0.429. The van der Waals surface area contributed by atoms with Crippen LogP contribution in [0.1, 0.15) is 4.88 Å². The molecule has 0 unspecified atom stereocenters. The Labute approximate surface area is 95.7 Å². The summed E-state index contributed by atoms with van der Waals surface area (Å²) >= 11 is 5.00. The standard InChI is InChI=1S/C7H11BrN2O2S2/c8-6-1-3-13-7(6)5-10-2-4-14(9,11)12/h1,3,10H,2,4-5H2,(H2,9,11,12). The Bertz CT molecular complexity index is 388. The van der Waals surface area contributed by atoms with Crippen molar-refractivity contribution < 1.29 is 8.42 Å². The third kappa shape index (κ3) is 4.52. The van der Waals surface area contributed by atoms with Gasteiger partial charge in [0.25, 0.3) is 0 Å². The van der Waals surface area contributed by atoms with E-state index in [0.29, 0.717) is 13.1 Å². The van der Waals surface area contributed by atoms with Crippen molar-refractivity contribution in [1.82, 2.24) is 5.32 Å². The van der Waals surface area contributed by atoms with Crippen LogP contribution in [0.2, 0.25) is 0 Å². The Morgan fingerprint density at radius 3 is 2.79 bits per heavy atom. The predicted molar refractivity (Wildman–Crippen MR) is 61.7 cm³/mol. The Balaban J connectivity index is 2.26. The number of primary sulfonamides is 1. The molecular weight excluding hydrogens is 288 g/mol. The number of sulfonamides is 1. The van der Waals surface area contributed by atoms with Gasteiger partial charge >= 0.3 is 0 Å². The molecule has 80 valence electrons. The molecule has 0 saturated heterocycles. The van der Waals surface area contributed by atoms with Gasteiger partial charge in [-0.2, -0.15) is 0 Å². The Morgan fingerprint density at radius 2 is 2.29 bits per heavy atom. The van der Waals surface area contributed by atoms with Crippen molar-refractivity contribution in [3.8, 4) is 0 Å². The number of hydrogen-bond acceptors (Lipinski definition) is 4. The fourth-order valence-corrected chi connectivity index (χ4v) is 2.76. The number of nitrogens with one attached hydrogen (secondary N) is 1. The first-order chi connectivity index (χ1) is 6.49. The van der Waals surface area contributed by atoms with Crippen LogP contribution in [0.5, 0.6) is 0 Å². The van der Waals surface area contributed by atoms with Gasteiger partial charge in [0, 0.05) is 22.4 Å². The van der Waals surface area contributed by atoms with Crippen molar-refractivity contribution in [2.45, 2.75) is 6.54 Å². The SMILES string of the molecule is NS(=O)(=O)CCNCc1sccc1Br. The molecule has 0 fully saturated rings. The molecule has 7 heteroatoms. The van der Waals surface area contributed by atoms with E-state index in [9.17, 15) is 8.42 Å². The Hall–Kier alpha value is 0.0500. The fourth-order valence-electron chi connectivity index (χ4n) is 0.868. The van der Waals surface area contributed by atoms with Crippen molar-refractivity contribution in [2.75, 3.05) is 12.3 Å². The summed E-state index contributed by atoms with van der Waals surface area (Å²) in [5.41, 5.74) is 0. The maximum absolute atomic E-state index is 10.6. The second kappa shape index (κ2) is 5.22. The molecule has 0 aromatic carbocycles. The monoisotopic (exact) mass is 298 g/mol. The second-order valence-corrected chi connectivity index (χ2v) is 6.32. The summed E-state index contributed by atoms with van der Waals surface area (Å²) in [7, 11) is -3.35. The van der Waals surface area contributed by atoms with E-state index in [1.54, 1.807) is 11.3 Å². The lowest BCUT2D eigenvalue weighted by Crippen LogP contribution is -2.26. The number of halogens is 1. The van der Waals surface area contributed by atoms with Gasteiger partial charge in [-0.25, -0.2) is 13.6 Å². The molecule has 3 N–H and O–H groups in total. The molecule has 0 radical (unpaired) electrons. The molecule has 0 amide bonds. The molecule has 1 aromatic rings. The third-order valence-corrected chi connectivity index (χ3v) is 4.24. The van der Waals surface area contributed by atoms with Gasteiger partial charge in [-0.15, -0.1) is 11.3 Å². The van der Waals surface area contributed by atoms with E-state index in [1.165, 1.54) is 0 Å². The highest BCUT2D eigenvalue weighted by molar-refractivity contribution is 9.10. The molecule has 0 spiro atoms. The largest absolute Gasteiger partial charge is 0.311 e. The Morgan fingerprint density at radius 1 is 1.57 bits per heavy atom. The lowest BCUT2D eigenvalue weighted by Gasteiger charge is -2.01. The average Bonchev–Trinajstić information content (AvgIpc) is 2.44. The van der Waals surface area contributed by atoms with Gasteiger partial charge in [0.05, 0.1) is 5.75 Å². The highest BCUT2D eigenvalue weighted by atomic mass is 79.9.